The number of aryl methyl sites for hydroxylation is 1. The highest BCUT2D eigenvalue weighted by Crippen LogP contribution is 2.28. The molecule has 1 aromatic heterocycles. The minimum atomic E-state index is -0.183. The van der Waals surface area contributed by atoms with Gasteiger partial charge >= 0.3 is 0 Å². The van der Waals surface area contributed by atoms with Crippen LogP contribution >= 0.6 is 0 Å². The number of aliphatic hydroxyl groups excluding tert-OH is 1. The van der Waals surface area contributed by atoms with E-state index in [-0.39, 0.29) is 6.10 Å². The first-order valence-corrected chi connectivity index (χ1v) is 6.60. The third kappa shape index (κ3) is 3.07. The second-order valence-corrected chi connectivity index (χ2v) is 5.06. The molecule has 0 aromatic carbocycles. The van der Waals surface area contributed by atoms with Gasteiger partial charge in [0.25, 0.3) is 0 Å². The summed E-state index contributed by atoms with van der Waals surface area (Å²) in [5, 5.41) is 17.1. The summed E-state index contributed by atoms with van der Waals surface area (Å²) in [5.74, 6) is 0. The van der Waals surface area contributed by atoms with Crippen LogP contribution in [0.4, 0.5) is 0 Å². The quantitative estimate of drug-likeness (QED) is 0.764. The van der Waals surface area contributed by atoms with Crippen LogP contribution < -0.4 is 5.32 Å². The lowest BCUT2D eigenvalue weighted by Gasteiger charge is -2.24. The molecule has 0 amide bonds. The zero-order valence-electron chi connectivity index (χ0n) is 10.8. The monoisotopic (exact) mass is 237 g/mol. The topological polar surface area (TPSA) is 50.1 Å². The first-order valence-electron chi connectivity index (χ1n) is 6.60. The van der Waals surface area contributed by atoms with Crippen LogP contribution in [0.3, 0.4) is 0 Å². The van der Waals surface area contributed by atoms with E-state index in [9.17, 15) is 5.11 Å². The normalized spacial score (nSPS) is 21.2. The number of aliphatic hydroxyl groups is 1. The molecule has 0 radical (unpaired) electrons. The van der Waals surface area contributed by atoms with E-state index in [4.69, 9.17) is 0 Å². The molecule has 4 heteroatoms. The lowest BCUT2D eigenvalue weighted by atomic mass is 9.93. The first kappa shape index (κ1) is 12.6. The van der Waals surface area contributed by atoms with Gasteiger partial charge in [-0.25, -0.2) is 0 Å². The molecular weight excluding hydrogens is 214 g/mol. The van der Waals surface area contributed by atoms with Gasteiger partial charge in [-0.3, -0.25) is 4.68 Å². The Morgan fingerprint density at radius 3 is 3.24 bits per heavy atom. The summed E-state index contributed by atoms with van der Waals surface area (Å²) in [5.41, 5.74) is 2.75. The molecular formula is C13H23N3O. The summed E-state index contributed by atoms with van der Waals surface area (Å²) >= 11 is 0. The van der Waals surface area contributed by atoms with Crippen molar-refractivity contribution in [2.45, 2.75) is 51.2 Å². The van der Waals surface area contributed by atoms with E-state index in [0.717, 1.165) is 25.8 Å². The molecule has 96 valence electrons. The highest BCUT2D eigenvalue weighted by Gasteiger charge is 2.22. The minimum absolute atomic E-state index is 0.183. The average Bonchev–Trinajstić information content (AvgIpc) is 2.67. The Balaban J connectivity index is 1.86. The SMILES string of the molecule is CC(O)CCCNC1CCCc2c1cnn2C. The summed E-state index contributed by atoms with van der Waals surface area (Å²) < 4.78 is 2.00. The highest BCUT2D eigenvalue weighted by molar-refractivity contribution is 5.24. The van der Waals surface area contributed by atoms with Crippen molar-refractivity contribution in [3.63, 3.8) is 0 Å². The third-order valence-corrected chi connectivity index (χ3v) is 3.57. The number of nitrogens with zero attached hydrogens (tertiary/aromatic N) is 2. The predicted octanol–water partition coefficient (Wildman–Crippen LogP) is 1.55. The maximum absolute atomic E-state index is 9.21. The van der Waals surface area contributed by atoms with Crippen molar-refractivity contribution in [1.82, 2.24) is 15.1 Å². The van der Waals surface area contributed by atoms with Gasteiger partial charge in [-0.15, -0.1) is 0 Å². The van der Waals surface area contributed by atoms with Crippen LogP contribution in [-0.2, 0) is 13.5 Å². The predicted molar refractivity (Wildman–Crippen MR) is 67.8 cm³/mol. The van der Waals surface area contributed by atoms with Gasteiger partial charge in [-0.05, 0) is 45.6 Å². The van der Waals surface area contributed by atoms with Crippen LogP contribution in [0.2, 0.25) is 0 Å². The molecule has 0 spiro atoms. The maximum atomic E-state index is 9.21. The Morgan fingerprint density at radius 1 is 1.65 bits per heavy atom. The lowest BCUT2D eigenvalue weighted by molar-refractivity contribution is 0.180. The largest absolute Gasteiger partial charge is 0.393 e. The first-order chi connectivity index (χ1) is 8.18. The van der Waals surface area contributed by atoms with Gasteiger partial charge in [0, 0.05) is 24.3 Å². The molecule has 4 nitrogen and oxygen atoms in total. The molecule has 0 aliphatic heterocycles. The average molecular weight is 237 g/mol. The van der Waals surface area contributed by atoms with E-state index in [1.165, 1.54) is 24.1 Å². The van der Waals surface area contributed by atoms with Crippen LogP contribution in [0.5, 0.6) is 0 Å². The molecule has 1 aliphatic rings. The molecule has 0 bridgehead atoms. The van der Waals surface area contributed by atoms with Gasteiger partial charge in [0.15, 0.2) is 0 Å². The number of nitrogens with one attached hydrogen (secondary N) is 1. The van der Waals surface area contributed by atoms with Gasteiger partial charge in [0.2, 0.25) is 0 Å². The summed E-state index contributed by atoms with van der Waals surface area (Å²) in [7, 11) is 2.02. The fourth-order valence-corrected chi connectivity index (χ4v) is 2.59. The Morgan fingerprint density at radius 2 is 2.47 bits per heavy atom. The lowest BCUT2D eigenvalue weighted by Crippen LogP contribution is -2.26. The fourth-order valence-electron chi connectivity index (χ4n) is 2.59. The molecule has 0 saturated heterocycles. The van der Waals surface area contributed by atoms with Crippen molar-refractivity contribution in [3.05, 3.63) is 17.5 Å². The minimum Gasteiger partial charge on any atom is -0.393 e. The van der Waals surface area contributed by atoms with E-state index in [1.807, 2.05) is 24.9 Å². The Labute approximate surface area is 103 Å². The number of hydrogen-bond donors (Lipinski definition) is 2. The fraction of sp³-hybridized carbons (Fsp3) is 0.769. The van der Waals surface area contributed by atoms with Crippen molar-refractivity contribution in [2.24, 2.45) is 7.05 Å². The number of fused-ring (bicyclic) bond motifs is 1. The zero-order chi connectivity index (χ0) is 12.3. The van der Waals surface area contributed by atoms with Crippen molar-refractivity contribution in [2.75, 3.05) is 6.54 Å². The summed E-state index contributed by atoms with van der Waals surface area (Å²) in [4.78, 5) is 0. The van der Waals surface area contributed by atoms with Crippen molar-refractivity contribution in [1.29, 1.82) is 0 Å². The van der Waals surface area contributed by atoms with Gasteiger partial charge in [-0.1, -0.05) is 0 Å². The van der Waals surface area contributed by atoms with E-state index in [0.29, 0.717) is 6.04 Å². The molecule has 2 unspecified atom stereocenters. The maximum Gasteiger partial charge on any atom is 0.0540 e. The molecule has 2 rings (SSSR count). The smallest absolute Gasteiger partial charge is 0.0540 e. The zero-order valence-corrected chi connectivity index (χ0v) is 10.8. The number of rotatable bonds is 5. The number of aromatic nitrogens is 2. The summed E-state index contributed by atoms with van der Waals surface area (Å²) in [6.07, 6.45) is 7.31. The summed E-state index contributed by atoms with van der Waals surface area (Å²) in [6.45, 7) is 2.82. The van der Waals surface area contributed by atoms with Gasteiger partial charge in [0.1, 0.15) is 0 Å². The van der Waals surface area contributed by atoms with E-state index >= 15 is 0 Å². The summed E-state index contributed by atoms with van der Waals surface area (Å²) in [6, 6.07) is 0.460. The van der Waals surface area contributed by atoms with E-state index in [2.05, 4.69) is 10.4 Å². The van der Waals surface area contributed by atoms with Crippen molar-refractivity contribution < 1.29 is 5.11 Å². The highest BCUT2D eigenvalue weighted by atomic mass is 16.3. The molecule has 1 aromatic rings. The second kappa shape index (κ2) is 5.65. The molecule has 0 fully saturated rings. The van der Waals surface area contributed by atoms with Gasteiger partial charge < -0.3 is 10.4 Å². The molecule has 1 heterocycles. The standard InChI is InChI=1S/C13H23N3O/c1-10(17)5-4-8-14-12-6-3-7-13-11(12)9-15-16(13)2/h9-10,12,14,17H,3-8H2,1-2H3. The van der Waals surface area contributed by atoms with E-state index < -0.39 is 0 Å². The second-order valence-electron chi connectivity index (χ2n) is 5.06. The van der Waals surface area contributed by atoms with Gasteiger partial charge in [0.05, 0.1) is 12.3 Å². The Kier molecular flexibility index (Phi) is 4.18. The molecule has 2 atom stereocenters. The Hall–Kier alpha value is -0.870. The number of hydrogen-bond acceptors (Lipinski definition) is 3. The molecule has 2 N–H and O–H groups in total. The Bertz CT molecular complexity index is 360. The third-order valence-electron chi connectivity index (χ3n) is 3.57. The van der Waals surface area contributed by atoms with Crippen LogP contribution in [-0.4, -0.2) is 27.5 Å². The van der Waals surface area contributed by atoms with Crippen molar-refractivity contribution >= 4 is 0 Å². The van der Waals surface area contributed by atoms with Crippen LogP contribution in [0.1, 0.15) is 49.9 Å². The van der Waals surface area contributed by atoms with E-state index in [1.54, 1.807) is 0 Å². The molecule has 0 saturated carbocycles. The van der Waals surface area contributed by atoms with Crippen LogP contribution in [0.15, 0.2) is 6.20 Å². The van der Waals surface area contributed by atoms with Crippen LogP contribution in [0.25, 0.3) is 0 Å². The van der Waals surface area contributed by atoms with Gasteiger partial charge in [-0.2, -0.15) is 5.10 Å². The van der Waals surface area contributed by atoms with Crippen LogP contribution in [0, 0.1) is 0 Å². The van der Waals surface area contributed by atoms with Crippen molar-refractivity contribution in [3.8, 4) is 0 Å². The molecule has 1 aliphatic carbocycles. The molecule has 17 heavy (non-hydrogen) atoms.